The minimum Gasteiger partial charge on any atom is -0.353 e. The Hall–Kier alpha value is -1.55. The summed E-state index contributed by atoms with van der Waals surface area (Å²) in [6, 6.07) is 7.46. The number of halogens is 1. The van der Waals surface area contributed by atoms with Crippen LogP contribution in [0, 0.1) is 5.92 Å². The fraction of sp³-hybridized carbons (Fsp3) is 0.500. The molecule has 0 spiro atoms. The Morgan fingerprint density at radius 3 is 2.52 bits per heavy atom. The summed E-state index contributed by atoms with van der Waals surface area (Å²) >= 11 is 5.86. The molecule has 2 aliphatic rings. The van der Waals surface area contributed by atoms with Crippen LogP contribution in [-0.4, -0.2) is 24.4 Å². The Morgan fingerprint density at radius 1 is 1.19 bits per heavy atom. The molecule has 112 valence electrons. The van der Waals surface area contributed by atoms with E-state index in [9.17, 15) is 9.59 Å². The zero-order valence-corrected chi connectivity index (χ0v) is 12.6. The SMILES string of the molecule is O=C(NC1CCCC1)C1CC(=O)N(c2ccc(Cl)cc2)C1. The van der Waals surface area contributed by atoms with Crippen molar-refractivity contribution in [1.29, 1.82) is 0 Å². The lowest BCUT2D eigenvalue weighted by atomic mass is 10.1. The average molecular weight is 307 g/mol. The van der Waals surface area contributed by atoms with Crippen molar-refractivity contribution in [2.24, 2.45) is 5.92 Å². The van der Waals surface area contributed by atoms with E-state index in [1.54, 1.807) is 17.0 Å². The highest BCUT2D eigenvalue weighted by Crippen LogP contribution is 2.27. The predicted octanol–water partition coefficient (Wildman–Crippen LogP) is 2.75. The highest BCUT2D eigenvalue weighted by molar-refractivity contribution is 6.30. The first-order valence-electron chi connectivity index (χ1n) is 7.50. The lowest BCUT2D eigenvalue weighted by Gasteiger charge is -2.18. The van der Waals surface area contributed by atoms with Gasteiger partial charge in [0.25, 0.3) is 0 Å². The largest absolute Gasteiger partial charge is 0.353 e. The molecule has 1 N–H and O–H groups in total. The number of nitrogens with zero attached hydrogens (tertiary/aromatic N) is 1. The van der Waals surface area contributed by atoms with Gasteiger partial charge in [-0.05, 0) is 37.1 Å². The number of hydrogen-bond acceptors (Lipinski definition) is 2. The first-order valence-corrected chi connectivity index (χ1v) is 7.87. The Bertz CT molecular complexity index is 538. The van der Waals surface area contributed by atoms with Gasteiger partial charge in [0.05, 0.1) is 5.92 Å². The Kier molecular flexibility index (Phi) is 4.15. The summed E-state index contributed by atoms with van der Waals surface area (Å²) < 4.78 is 0. The van der Waals surface area contributed by atoms with Gasteiger partial charge in [0.1, 0.15) is 0 Å². The van der Waals surface area contributed by atoms with Crippen LogP contribution in [0.3, 0.4) is 0 Å². The molecule has 0 bridgehead atoms. The van der Waals surface area contributed by atoms with E-state index in [0.717, 1.165) is 18.5 Å². The third-order valence-electron chi connectivity index (χ3n) is 4.34. The van der Waals surface area contributed by atoms with Crippen molar-refractivity contribution in [2.75, 3.05) is 11.4 Å². The molecular formula is C16H19ClN2O2. The van der Waals surface area contributed by atoms with E-state index in [-0.39, 0.29) is 17.7 Å². The highest BCUT2D eigenvalue weighted by Gasteiger charge is 2.35. The maximum atomic E-state index is 12.3. The molecule has 1 atom stereocenters. The van der Waals surface area contributed by atoms with E-state index in [4.69, 9.17) is 11.6 Å². The topological polar surface area (TPSA) is 49.4 Å². The van der Waals surface area contributed by atoms with E-state index in [0.29, 0.717) is 24.0 Å². The summed E-state index contributed by atoms with van der Waals surface area (Å²) in [6.07, 6.45) is 4.79. The number of amides is 2. The van der Waals surface area contributed by atoms with Gasteiger partial charge in [-0.15, -0.1) is 0 Å². The van der Waals surface area contributed by atoms with Crippen molar-refractivity contribution in [2.45, 2.75) is 38.1 Å². The molecule has 1 heterocycles. The monoisotopic (exact) mass is 306 g/mol. The molecule has 1 saturated carbocycles. The molecule has 0 radical (unpaired) electrons. The summed E-state index contributed by atoms with van der Waals surface area (Å²) in [6.45, 7) is 0.457. The molecule has 3 rings (SSSR count). The number of hydrogen-bond donors (Lipinski definition) is 1. The third-order valence-corrected chi connectivity index (χ3v) is 4.59. The second kappa shape index (κ2) is 6.06. The molecule has 0 aromatic heterocycles. The van der Waals surface area contributed by atoms with Crippen LogP contribution in [0.5, 0.6) is 0 Å². The highest BCUT2D eigenvalue weighted by atomic mass is 35.5. The van der Waals surface area contributed by atoms with Gasteiger partial charge >= 0.3 is 0 Å². The van der Waals surface area contributed by atoms with Gasteiger partial charge in [0, 0.05) is 29.7 Å². The van der Waals surface area contributed by atoms with Crippen LogP contribution in [0.1, 0.15) is 32.1 Å². The lowest BCUT2D eigenvalue weighted by Crippen LogP contribution is -2.38. The predicted molar refractivity (Wildman–Crippen MR) is 82.3 cm³/mol. The van der Waals surface area contributed by atoms with Gasteiger partial charge in [-0.25, -0.2) is 0 Å². The summed E-state index contributed by atoms with van der Waals surface area (Å²) in [5, 5.41) is 3.72. The number of carbonyl (C=O) groups excluding carboxylic acids is 2. The van der Waals surface area contributed by atoms with Crippen LogP contribution in [0.2, 0.25) is 5.02 Å². The smallest absolute Gasteiger partial charge is 0.227 e. The first kappa shape index (κ1) is 14.4. The number of anilines is 1. The standard InChI is InChI=1S/C16H19ClN2O2/c17-12-5-7-14(8-6-12)19-10-11(9-15(19)20)16(21)18-13-3-1-2-4-13/h5-8,11,13H,1-4,9-10H2,(H,18,21). The van der Waals surface area contributed by atoms with Crippen LogP contribution in [0.15, 0.2) is 24.3 Å². The summed E-state index contributed by atoms with van der Waals surface area (Å²) in [5.41, 5.74) is 0.806. The molecule has 1 aliphatic carbocycles. The minimum atomic E-state index is -0.242. The summed E-state index contributed by atoms with van der Waals surface area (Å²) in [5.74, 6) is -0.218. The molecule has 1 aliphatic heterocycles. The molecule has 1 aromatic rings. The maximum Gasteiger partial charge on any atom is 0.227 e. The number of carbonyl (C=O) groups is 2. The van der Waals surface area contributed by atoms with Crippen molar-refractivity contribution < 1.29 is 9.59 Å². The zero-order valence-electron chi connectivity index (χ0n) is 11.8. The van der Waals surface area contributed by atoms with Crippen molar-refractivity contribution in [1.82, 2.24) is 5.32 Å². The van der Waals surface area contributed by atoms with Gasteiger partial charge in [-0.2, -0.15) is 0 Å². The fourth-order valence-electron chi connectivity index (χ4n) is 3.14. The van der Waals surface area contributed by atoms with Crippen LogP contribution in [0.4, 0.5) is 5.69 Å². The molecule has 2 fully saturated rings. The molecule has 2 amide bonds. The molecule has 4 nitrogen and oxygen atoms in total. The van der Waals surface area contributed by atoms with E-state index < -0.39 is 0 Å². The first-order chi connectivity index (χ1) is 10.1. The van der Waals surface area contributed by atoms with Crippen molar-refractivity contribution in [3.05, 3.63) is 29.3 Å². The Balaban J connectivity index is 1.63. The van der Waals surface area contributed by atoms with Crippen LogP contribution in [-0.2, 0) is 9.59 Å². The number of nitrogens with one attached hydrogen (secondary N) is 1. The zero-order chi connectivity index (χ0) is 14.8. The van der Waals surface area contributed by atoms with Gasteiger partial charge in [0.15, 0.2) is 0 Å². The lowest BCUT2D eigenvalue weighted by molar-refractivity contribution is -0.126. The summed E-state index contributed by atoms with van der Waals surface area (Å²) in [7, 11) is 0. The van der Waals surface area contributed by atoms with Gasteiger partial charge in [-0.3, -0.25) is 9.59 Å². The van der Waals surface area contributed by atoms with Crippen LogP contribution < -0.4 is 10.2 Å². The van der Waals surface area contributed by atoms with E-state index >= 15 is 0 Å². The minimum absolute atomic E-state index is 0.00361. The van der Waals surface area contributed by atoms with Crippen molar-refractivity contribution in [3.63, 3.8) is 0 Å². The van der Waals surface area contributed by atoms with Gasteiger partial charge in [0.2, 0.25) is 11.8 Å². The Morgan fingerprint density at radius 2 is 1.86 bits per heavy atom. The molecule has 1 aromatic carbocycles. The van der Waals surface area contributed by atoms with Crippen molar-refractivity contribution in [3.8, 4) is 0 Å². The fourth-order valence-corrected chi connectivity index (χ4v) is 3.27. The maximum absolute atomic E-state index is 12.3. The Labute approximate surface area is 129 Å². The normalized spacial score (nSPS) is 22.8. The van der Waals surface area contributed by atoms with Crippen LogP contribution in [0.25, 0.3) is 0 Å². The van der Waals surface area contributed by atoms with Crippen LogP contribution >= 0.6 is 11.6 Å². The van der Waals surface area contributed by atoms with Gasteiger partial charge < -0.3 is 10.2 Å². The average Bonchev–Trinajstić information content (AvgIpc) is 3.09. The number of rotatable bonds is 3. The second-order valence-corrected chi connectivity index (χ2v) is 6.31. The molecule has 1 unspecified atom stereocenters. The number of benzene rings is 1. The molecule has 21 heavy (non-hydrogen) atoms. The van der Waals surface area contributed by atoms with Crippen molar-refractivity contribution >= 4 is 29.1 Å². The van der Waals surface area contributed by atoms with E-state index in [1.807, 2.05) is 12.1 Å². The van der Waals surface area contributed by atoms with E-state index in [2.05, 4.69) is 5.32 Å². The van der Waals surface area contributed by atoms with Gasteiger partial charge in [-0.1, -0.05) is 24.4 Å². The second-order valence-electron chi connectivity index (χ2n) is 5.87. The summed E-state index contributed by atoms with van der Waals surface area (Å²) in [4.78, 5) is 26.1. The third kappa shape index (κ3) is 3.21. The van der Waals surface area contributed by atoms with E-state index in [1.165, 1.54) is 12.8 Å². The quantitative estimate of drug-likeness (QED) is 0.933. The molecular weight excluding hydrogens is 288 g/mol. The molecule has 1 saturated heterocycles. The molecule has 5 heteroatoms.